The van der Waals surface area contributed by atoms with Gasteiger partial charge in [-0.3, -0.25) is 4.79 Å². The molecule has 0 aromatic heterocycles. The summed E-state index contributed by atoms with van der Waals surface area (Å²) in [6, 6.07) is 14.3. The van der Waals surface area contributed by atoms with Gasteiger partial charge in [0.1, 0.15) is 0 Å². The molecule has 1 aliphatic carbocycles. The largest absolute Gasteiger partial charge is 0.416 e. The number of carbonyl (C=O) groups excluding carboxylic acids is 1. The second-order valence-corrected chi connectivity index (χ2v) is 7.94. The van der Waals surface area contributed by atoms with E-state index >= 15 is 0 Å². The van der Waals surface area contributed by atoms with E-state index in [1.54, 1.807) is 17.0 Å². The highest BCUT2D eigenvalue weighted by molar-refractivity contribution is 5.83. The first-order valence-electron chi connectivity index (χ1n) is 9.78. The molecule has 0 heterocycles. The summed E-state index contributed by atoms with van der Waals surface area (Å²) in [7, 11) is 3.87. The molecular formula is C23H24F3N3O. The lowest BCUT2D eigenvalue weighted by molar-refractivity contribution is -0.137. The molecule has 4 nitrogen and oxygen atoms in total. The summed E-state index contributed by atoms with van der Waals surface area (Å²) in [5, 5.41) is 8.94. The molecular weight excluding hydrogens is 391 g/mol. The lowest BCUT2D eigenvalue weighted by Gasteiger charge is -2.25. The average Bonchev–Trinajstić information content (AvgIpc) is 3.51. The van der Waals surface area contributed by atoms with Gasteiger partial charge in [0.25, 0.3) is 0 Å². The molecule has 0 radical (unpaired) electrons. The fourth-order valence-electron chi connectivity index (χ4n) is 3.48. The number of amides is 1. The Bertz CT molecular complexity index is 915. The molecule has 158 valence electrons. The summed E-state index contributed by atoms with van der Waals surface area (Å²) >= 11 is 0. The van der Waals surface area contributed by atoms with Crippen LogP contribution in [-0.4, -0.2) is 42.9 Å². The van der Waals surface area contributed by atoms with E-state index in [-0.39, 0.29) is 17.7 Å². The first-order valence-corrected chi connectivity index (χ1v) is 9.78. The van der Waals surface area contributed by atoms with Crippen molar-refractivity contribution in [3.05, 3.63) is 70.8 Å². The molecule has 0 aliphatic heterocycles. The number of nitrogens with zero attached hydrogens (tertiary/aromatic N) is 3. The first-order chi connectivity index (χ1) is 14.2. The Balaban J connectivity index is 1.69. The molecule has 1 aliphatic rings. The monoisotopic (exact) mass is 415 g/mol. The maximum atomic E-state index is 13.1. The van der Waals surface area contributed by atoms with Crippen molar-refractivity contribution in [1.29, 1.82) is 5.26 Å². The third kappa shape index (κ3) is 5.39. The van der Waals surface area contributed by atoms with Crippen LogP contribution in [0.4, 0.5) is 13.2 Å². The van der Waals surface area contributed by atoms with Crippen LogP contribution in [0.15, 0.2) is 48.5 Å². The predicted octanol–water partition coefficient (Wildman–Crippen LogP) is 4.27. The van der Waals surface area contributed by atoms with Crippen molar-refractivity contribution >= 4 is 5.91 Å². The van der Waals surface area contributed by atoms with Crippen molar-refractivity contribution in [3.8, 4) is 6.07 Å². The zero-order valence-corrected chi connectivity index (χ0v) is 17.0. The summed E-state index contributed by atoms with van der Waals surface area (Å²) in [5.41, 5.74) is 1.60. The minimum atomic E-state index is -4.36. The lowest BCUT2D eigenvalue weighted by atomic mass is 10.1. The Hall–Kier alpha value is -2.85. The van der Waals surface area contributed by atoms with Gasteiger partial charge in [-0.15, -0.1) is 0 Å². The second-order valence-electron chi connectivity index (χ2n) is 7.94. The minimum absolute atomic E-state index is 0.0195. The second kappa shape index (κ2) is 8.88. The third-order valence-corrected chi connectivity index (χ3v) is 5.36. The van der Waals surface area contributed by atoms with Crippen LogP contribution in [-0.2, 0) is 17.5 Å². The summed E-state index contributed by atoms with van der Waals surface area (Å²) in [4.78, 5) is 16.9. The molecule has 0 N–H and O–H groups in total. The molecule has 2 atom stereocenters. The van der Waals surface area contributed by atoms with Crippen molar-refractivity contribution < 1.29 is 18.0 Å². The number of alkyl halides is 3. The van der Waals surface area contributed by atoms with E-state index in [1.807, 2.05) is 31.1 Å². The average molecular weight is 415 g/mol. The lowest BCUT2D eigenvalue weighted by Crippen LogP contribution is -2.37. The molecule has 1 amide bonds. The Labute approximate surface area is 174 Å². The number of nitriles is 1. The molecule has 1 fully saturated rings. The number of likely N-dealkylation sites (N-methyl/N-ethyl adjacent to an activating group) is 1. The minimum Gasteiger partial charge on any atom is -0.337 e. The van der Waals surface area contributed by atoms with Crippen LogP contribution >= 0.6 is 0 Å². The van der Waals surface area contributed by atoms with E-state index in [2.05, 4.69) is 6.07 Å². The van der Waals surface area contributed by atoms with Gasteiger partial charge in [-0.25, -0.2) is 0 Å². The van der Waals surface area contributed by atoms with Gasteiger partial charge in [0, 0.05) is 25.6 Å². The SMILES string of the molecule is CN(C)CCN(Cc1ccc(C#N)cc1)C(=O)C1CC1c1ccc(C(F)(F)F)cc1. The van der Waals surface area contributed by atoms with Gasteiger partial charge < -0.3 is 9.80 Å². The van der Waals surface area contributed by atoms with Gasteiger partial charge in [-0.2, -0.15) is 18.4 Å². The van der Waals surface area contributed by atoms with Crippen LogP contribution in [0.25, 0.3) is 0 Å². The van der Waals surface area contributed by atoms with Gasteiger partial charge in [0.2, 0.25) is 5.91 Å². The molecule has 2 unspecified atom stereocenters. The van der Waals surface area contributed by atoms with Crippen LogP contribution in [0.5, 0.6) is 0 Å². The maximum Gasteiger partial charge on any atom is 0.416 e. The van der Waals surface area contributed by atoms with Crippen molar-refractivity contribution in [2.75, 3.05) is 27.2 Å². The fourth-order valence-corrected chi connectivity index (χ4v) is 3.48. The molecule has 7 heteroatoms. The molecule has 0 bridgehead atoms. The molecule has 1 saturated carbocycles. The van der Waals surface area contributed by atoms with E-state index < -0.39 is 11.7 Å². The highest BCUT2D eigenvalue weighted by Gasteiger charge is 2.46. The maximum absolute atomic E-state index is 13.1. The normalized spacial score (nSPS) is 18.2. The standard InChI is InChI=1S/C23H24F3N3O/c1-28(2)11-12-29(15-17-5-3-16(14-27)4-6-17)22(30)21-13-20(21)18-7-9-19(10-8-18)23(24,25)26/h3-10,20-21H,11-13,15H2,1-2H3. The number of hydrogen-bond acceptors (Lipinski definition) is 3. The smallest absolute Gasteiger partial charge is 0.337 e. The van der Waals surface area contributed by atoms with Crippen molar-refractivity contribution in [3.63, 3.8) is 0 Å². The van der Waals surface area contributed by atoms with Gasteiger partial charge >= 0.3 is 6.18 Å². The Kier molecular flexibility index (Phi) is 6.47. The van der Waals surface area contributed by atoms with Crippen molar-refractivity contribution in [2.24, 2.45) is 5.92 Å². The highest BCUT2D eigenvalue weighted by Crippen LogP contribution is 2.49. The summed E-state index contributed by atoms with van der Waals surface area (Å²) in [6.07, 6.45) is -3.71. The van der Waals surface area contributed by atoms with Crippen molar-refractivity contribution in [2.45, 2.75) is 25.1 Å². The van der Waals surface area contributed by atoms with Crippen LogP contribution in [0, 0.1) is 17.2 Å². The summed E-state index contributed by atoms with van der Waals surface area (Å²) in [6.45, 7) is 1.70. The topological polar surface area (TPSA) is 47.3 Å². The summed E-state index contributed by atoms with van der Waals surface area (Å²) in [5.74, 6) is -0.226. The fraction of sp³-hybridized carbons (Fsp3) is 0.391. The van der Waals surface area contributed by atoms with Crippen LogP contribution < -0.4 is 0 Å². The van der Waals surface area contributed by atoms with Gasteiger partial charge in [-0.05, 0) is 61.8 Å². The Morgan fingerprint density at radius 1 is 1.07 bits per heavy atom. The van der Waals surface area contributed by atoms with E-state index in [4.69, 9.17) is 5.26 Å². The number of rotatable bonds is 7. The molecule has 0 spiro atoms. The van der Waals surface area contributed by atoms with E-state index in [0.29, 0.717) is 31.6 Å². The quantitative estimate of drug-likeness (QED) is 0.679. The van der Waals surface area contributed by atoms with E-state index in [1.165, 1.54) is 12.1 Å². The van der Waals surface area contributed by atoms with Crippen LogP contribution in [0.1, 0.15) is 34.6 Å². The molecule has 0 saturated heterocycles. The van der Waals surface area contributed by atoms with Crippen molar-refractivity contribution in [1.82, 2.24) is 9.80 Å². The Morgan fingerprint density at radius 2 is 1.70 bits per heavy atom. The van der Waals surface area contributed by atoms with Crippen LogP contribution in [0.3, 0.4) is 0 Å². The number of halogens is 3. The van der Waals surface area contributed by atoms with Gasteiger partial charge in [0.15, 0.2) is 0 Å². The predicted molar refractivity (Wildman–Crippen MR) is 107 cm³/mol. The number of carbonyl (C=O) groups is 1. The van der Waals surface area contributed by atoms with Crippen LogP contribution in [0.2, 0.25) is 0 Å². The number of benzene rings is 2. The van der Waals surface area contributed by atoms with Gasteiger partial charge in [-0.1, -0.05) is 24.3 Å². The zero-order chi connectivity index (χ0) is 21.9. The highest BCUT2D eigenvalue weighted by atomic mass is 19.4. The molecule has 3 rings (SSSR count). The third-order valence-electron chi connectivity index (χ3n) is 5.36. The number of hydrogen-bond donors (Lipinski definition) is 0. The van der Waals surface area contributed by atoms with Gasteiger partial charge in [0.05, 0.1) is 17.2 Å². The zero-order valence-electron chi connectivity index (χ0n) is 17.0. The molecule has 2 aromatic carbocycles. The first kappa shape index (κ1) is 21.8. The molecule has 2 aromatic rings. The van der Waals surface area contributed by atoms with E-state index in [9.17, 15) is 18.0 Å². The Morgan fingerprint density at radius 3 is 2.23 bits per heavy atom. The van der Waals surface area contributed by atoms with E-state index in [0.717, 1.165) is 23.3 Å². The summed E-state index contributed by atoms with van der Waals surface area (Å²) < 4.78 is 38.3. The molecule has 30 heavy (non-hydrogen) atoms.